The molecule has 2 aromatic carbocycles. The quantitative estimate of drug-likeness (QED) is 0.614. The van der Waals surface area contributed by atoms with Crippen LogP contribution in [0.15, 0.2) is 63.8 Å². The minimum Gasteiger partial charge on any atom is -0.408 e. The van der Waals surface area contributed by atoms with Gasteiger partial charge in [-0.3, -0.25) is 9.36 Å². The Morgan fingerprint density at radius 3 is 2.44 bits per heavy atom. The van der Waals surface area contributed by atoms with E-state index in [0.717, 1.165) is 17.6 Å². The van der Waals surface area contributed by atoms with Crippen LogP contribution in [0, 0.1) is 0 Å². The number of carbonyl (C=O) groups is 1. The van der Waals surface area contributed by atoms with E-state index in [1.54, 1.807) is 6.07 Å². The Kier molecular flexibility index (Phi) is 6.08. The second kappa shape index (κ2) is 8.68. The molecule has 0 bridgehead atoms. The summed E-state index contributed by atoms with van der Waals surface area (Å²) in [5, 5.41) is 0. The fourth-order valence-electron chi connectivity index (χ4n) is 3.01. The van der Waals surface area contributed by atoms with Gasteiger partial charge in [0.1, 0.15) is 0 Å². The SMILES string of the molecule is CN(C)CCN(Cc1ccccc1)C(=O)CCn1c(=O)oc2ccccc21. The van der Waals surface area contributed by atoms with Crippen LogP contribution in [0.25, 0.3) is 11.1 Å². The van der Waals surface area contributed by atoms with Crippen molar-refractivity contribution in [1.82, 2.24) is 14.4 Å². The summed E-state index contributed by atoms with van der Waals surface area (Å²) in [5.74, 6) is -0.398. The monoisotopic (exact) mass is 367 g/mol. The number of benzene rings is 2. The number of hydrogen-bond acceptors (Lipinski definition) is 4. The summed E-state index contributed by atoms with van der Waals surface area (Å²) < 4.78 is 6.77. The Labute approximate surface area is 158 Å². The summed E-state index contributed by atoms with van der Waals surface area (Å²) >= 11 is 0. The van der Waals surface area contributed by atoms with E-state index in [9.17, 15) is 9.59 Å². The Balaban J connectivity index is 1.71. The molecule has 0 unspecified atom stereocenters. The van der Waals surface area contributed by atoms with Crippen molar-refractivity contribution in [2.75, 3.05) is 27.2 Å². The lowest BCUT2D eigenvalue weighted by Crippen LogP contribution is -2.37. The van der Waals surface area contributed by atoms with E-state index in [-0.39, 0.29) is 12.3 Å². The van der Waals surface area contributed by atoms with Gasteiger partial charge in [0.15, 0.2) is 5.58 Å². The molecule has 0 fully saturated rings. The average molecular weight is 367 g/mol. The maximum Gasteiger partial charge on any atom is 0.419 e. The normalized spacial score (nSPS) is 11.2. The molecule has 1 heterocycles. The number of carbonyl (C=O) groups excluding carboxylic acids is 1. The Morgan fingerprint density at radius 2 is 1.70 bits per heavy atom. The first-order chi connectivity index (χ1) is 13.0. The van der Waals surface area contributed by atoms with Gasteiger partial charge in [0.2, 0.25) is 5.91 Å². The fourth-order valence-corrected chi connectivity index (χ4v) is 3.01. The van der Waals surface area contributed by atoms with Crippen LogP contribution in [-0.2, 0) is 17.9 Å². The van der Waals surface area contributed by atoms with Crippen molar-refractivity contribution in [3.05, 3.63) is 70.7 Å². The molecular formula is C21H25N3O3. The third-order valence-corrected chi connectivity index (χ3v) is 4.51. The zero-order chi connectivity index (χ0) is 19.2. The number of aromatic nitrogens is 1. The zero-order valence-corrected chi connectivity index (χ0v) is 15.8. The van der Waals surface area contributed by atoms with Crippen LogP contribution in [0.2, 0.25) is 0 Å². The summed E-state index contributed by atoms with van der Waals surface area (Å²) in [7, 11) is 3.98. The van der Waals surface area contributed by atoms with Gasteiger partial charge < -0.3 is 14.2 Å². The van der Waals surface area contributed by atoms with Gasteiger partial charge in [-0.2, -0.15) is 0 Å². The number of nitrogens with zero attached hydrogens (tertiary/aromatic N) is 3. The first-order valence-corrected chi connectivity index (χ1v) is 9.09. The van der Waals surface area contributed by atoms with Crippen LogP contribution >= 0.6 is 0 Å². The van der Waals surface area contributed by atoms with Gasteiger partial charge in [0, 0.05) is 32.6 Å². The summed E-state index contributed by atoms with van der Waals surface area (Å²) in [6, 6.07) is 17.2. The molecule has 0 saturated heterocycles. The number of para-hydroxylation sites is 2. The van der Waals surface area contributed by atoms with Crippen LogP contribution in [0.4, 0.5) is 0 Å². The predicted molar refractivity (Wildman–Crippen MR) is 106 cm³/mol. The maximum atomic E-state index is 12.9. The molecule has 1 aromatic heterocycles. The maximum absolute atomic E-state index is 12.9. The first-order valence-electron chi connectivity index (χ1n) is 9.09. The Morgan fingerprint density at radius 1 is 1.00 bits per heavy atom. The molecule has 6 nitrogen and oxygen atoms in total. The molecule has 0 atom stereocenters. The van der Waals surface area contributed by atoms with Gasteiger partial charge in [-0.05, 0) is 31.8 Å². The Bertz CT molecular complexity index is 944. The number of fused-ring (bicyclic) bond motifs is 1. The van der Waals surface area contributed by atoms with Gasteiger partial charge in [-0.25, -0.2) is 4.79 Å². The summed E-state index contributed by atoms with van der Waals surface area (Å²) in [6.07, 6.45) is 0.254. The summed E-state index contributed by atoms with van der Waals surface area (Å²) in [6.45, 7) is 2.30. The molecule has 0 aliphatic rings. The number of aryl methyl sites for hydroxylation is 1. The number of rotatable bonds is 8. The van der Waals surface area contributed by atoms with E-state index in [4.69, 9.17) is 4.42 Å². The van der Waals surface area contributed by atoms with Gasteiger partial charge in [0.25, 0.3) is 0 Å². The lowest BCUT2D eigenvalue weighted by molar-refractivity contribution is -0.132. The highest BCUT2D eigenvalue weighted by Gasteiger charge is 2.16. The smallest absolute Gasteiger partial charge is 0.408 e. The molecule has 6 heteroatoms. The highest BCUT2D eigenvalue weighted by Crippen LogP contribution is 2.13. The van der Waals surface area contributed by atoms with E-state index >= 15 is 0 Å². The molecule has 0 spiro atoms. The summed E-state index contributed by atoms with van der Waals surface area (Å²) in [4.78, 5) is 28.9. The second-order valence-electron chi connectivity index (χ2n) is 6.84. The number of likely N-dealkylation sites (N-methyl/N-ethyl adjacent to an activating group) is 1. The molecule has 0 saturated carbocycles. The third-order valence-electron chi connectivity index (χ3n) is 4.51. The average Bonchev–Trinajstić information content (AvgIpc) is 2.99. The van der Waals surface area contributed by atoms with Crippen molar-refractivity contribution >= 4 is 17.0 Å². The fraction of sp³-hybridized carbons (Fsp3) is 0.333. The Hall–Kier alpha value is -2.86. The van der Waals surface area contributed by atoms with Crippen molar-refractivity contribution in [1.29, 1.82) is 0 Å². The highest BCUT2D eigenvalue weighted by atomic mass is 16.4. The van der Waals surface area contributed by atoms with Crippen LogP contribution in [0.5, 0.6) is 0 Å². The molecule has 3 aromatic rings. The molecule has 27 heavy (non-hydrogen) atoms. The lowest BCUT2D eigenvalue weighted by Gasteiger charge is -2.24. The van der Waals surface area contributed by atoms with Crippen molar-refractivity contribution in [3.8, 4) is 0 Å². The van der Waals surface area contributed by atoms with Crippen LogP contribution in [-0.4, -0.2) is 47.5 Å². The van der Waals surface area contributed by atoms with E-state index in [2.05, 4.69) is 4.90 Å². The minimum absolute atomic E-state index is 0.0258. The molecule has 3 rings (SSSR count). The van der Waals surface area contributed by atoms with Crippen molar-refractivity contribution < 1.29 is 9.21 Å². The van der Waals surface area contributed by atoms with Gasteiger partial charge in [-0.1, -0.05) is 42.5 Å². The van der Waals surface area contributed by atoms with Gasteiger partial charge in [-0.15, -0.1) is 0 Å². The van der Waals surface area contributed by atoms with Crippen molar-refractivity contribution in [2.45, 2.75) is 19.5 Å². The molecular weight excluding hydrogens is 342 g/mol. The lowest BCUT2D eigenvalue weighted by atomic mass is 10.2. The standard InChI is InChI=1S/C21H25N3O3/c1-22(2)14-15-23(16-17-8-4-3-5-9-17)20(25)12-13-24-18-10-6-7-11-19(18)27-21(24)26/h3-11H,12-16H2,1-2H3. The number of amides is 1. The largest absolute Gasteiger partial charge is 0.419 e. The summed E-state index contributed by atoms with van der Waals surface area (Å²) in [5.41, 5.74) is 2.36. The molecule has 0 radical (unpaired) electrons. The van der Waals surface area contributed by atoms with E-state index in [1.165, 1.54) is 4.57 Å². The minimum atomic E-state index is -0.424. The van der Waals surface area contributed by atoms with Crippen LogP contribution in [0.1, 0.15) is 12.0 Å². The second-order valence-corrected chi connectivity index (χ2v) is 6.84. The van der Waals surface area contributed by atoms with Gasteiger partial charge in [0.05, 0.1) is 5.52 Å². The van der Waals surface area contributed by atoms with E-state index in [1.807, 2.05) is 67.5 Å². The molecule has 1 amide bonds. The topological polar surface area (TPSA) is 58.7 Å². The van der Waals surface area contributed by atoms with Crippen molar-refractivity contribution in [3.63, 3.8) is 0 Å². The molecule has 0 aliphatic carbocycles. The highest BCUT2D eigenvalue weighted by molar-refractivity contribution is 5.77. The first kappa shape index (κ1) is 18.9. The molecule has 0 aliphatic heterocycles. The number of hydrogen-bond donors (Lipinski definition) is 0. The predicted octanol–water partition coefficient (Wildman–Crippen LogP) is 2.58. The zero-order valence-electron chi connectivity index (χ0n) is 15.8. The van der Waals surface area contributed by atoms with Crippen LogP contribution < -0.4 is 5.76 Å². The number of oxazole rings is 1. The van der Waals surface area contributed by atoms with Crippen LogP contribution in [0.3, 0.4) is 0 Å². The van der Waals surface area contributed by atoms with Gasteiger partial charge >= 0.3 is 5.76 Å². The van der Waals surface area contributed by atoms with Crippen molar-refractivity contribution in [2.24, 2.45) is 0 Å². The van der Waals surface area contributed by atoms with E-state index in [0.29, 0.717) is 25.2 Å². The molecule has 142 valence electrons. The third kappa shape index (κ3) is 4.86. The molecule has 0 N–H and O–H groups in total. The van der Waals surface area contributed by atoms with E-state index < -0.39 is 5.76 Å².